The fourth-order valence-corrected chi connectivity index (χ4v) is 2.01. The molecule has 90 valence electrons. The van der Waals surface area contributed by atoms with E-state index in [4.69, 9.17) is 0 Å². The van der Waals surface area contributed by atoms with E-state index in [0.717, 1.165) is 22.5 Å². The number of aryl methyl sites for hydroxylation is 2. The first kappa shape index (κ1) is 10.8. The summed E-state index contributed by atoms with van der Waals surface area (Å²) in [6, 6.07) is 9.67. The Labute approximate surface area is 105 Å². The van der Waals surface area contributed by atoms with E-state index < -0.39 is 0 Å². The Morgan fingerprint density at radius 3 is 2.67 bits per heavy atom. The van der Waals surface area contributed by atoms with Gasteiger partial charge in [-0.1, -0.05) is 18.2 Å². The highest BCUT2D eigenvalue weighted by atomic mass is 16.3. The Hall–Kier alpha value is -2.29. The number of rotatable bonds is 1. The lowest BCUT2D eigenvalue weighted by Gasteiger charge is -2.00. The summed E-state index contributed by atoms with van der Waals surface area (Å²) in [5.41, 5.74) is 4.78. The normalized spacial score (nSPS) is 11.0. The first-order valence-corrected chi connectivity index (χ1v) is 5.89. The van der Waals surface area contributed by atoms with Crippen LogP contribution in [0.2, 0.25) is 0 Å². The van der Waals surface area contributed by atoms with Gasteiger partial charge in [-0.25, -0.2) is 4.98 Å². The lowest BCUT2D eigenvalue weighted by Crippen LogP contribution is -1.82. The molecule has 0 saturated heterocycles. The van der Waals surface area contributed by atoms with Gasteiger partial charge in [0.2, 0.25) is 0 Å². The zero-order valence-electron chi connectivity index (χ0n) is 10.4. The number of phenolic OH excluding ortho intramolecular Hbond substituents is 1. The fourth-order valence-electron chi connectivity index (χ4n) is 2.01. The highest BCUT2D eigenvalue weighted by Gasteiger charge is 2.06. The molecule has 2 heterocycles. The van der Waals surface area contributed by atoms with E-state index in [2.05, 4.69) is 11.9 Å². The molecule has 0 fully saturated rings. The van der Waals surface area contributed by atoms with Crippen molar-refractivity contribution in [1.29, 1.82) is 0 Å². The van der Waals surface area contributed by atoms with Crippen molar-refractivity contribution in [2.45, 2.75) is 13.8 Å². The largest absolute Gasteiger partial charge is 0.508 e. The van der Waals surface area contributed by atoms with Crippen LogP contribution in [0.1, 0.15) is 11.1 Å². The van der Waals surface area contributed by atoms with Crippen molar-refractivity contribution in [3.05, 3.63) is 53.9 Å². The van der Waals surface area contributed by atoms with Crippen LogP contribution >= 0.6 is 0 Å². The zero-order valence-corrected chi connectivity index (χ0v) is 10.4. The molecule has 3 aromatic rings. The van der Waals surface area contributed by atoms with Gasteiger partial charge in [-0.15, -0.1) is 0 Å². The van der Waals surface area contributed by atoms with Crippen LogP contribution in [-0.2, 0) is 0 Å². The summed E-state index contributed by atoms with van der Waals surface area (Å²) in [4.78, 5) is 4.55. The molecule has 0 amide bonds. The van der Waals surface area contributed by atoms with Gasteiger partial charge in [-0.2, -0.15) is 0 Å². The Morgan fingerprint density at radius 1 is 1.06 bits per heavy atom. The van der Waals surface area contributed by atoms with E-state index in [9.17, 15) is 5.11 Å². The Kier molecular flexibility index (Phi) is 2.33. The average Bonchev–Trinajstić information content (AvgIpc) is 2.75. The van der Waals surface area contributed by atoms with Crippen molar-refractivity contribution < 1.29 is 5.11 Å². The topological polar surface area (TPSA) is 37.5 Å². The summed E-state index contributed by atoms with van der Waals surface area (Å²) < 4.78 is 2.00. The van der Waals surface area contributed by atoms with E-state index in [-0.39, 0.29) is 0 Å². The number of aromatic nitrogens is 2. The van der Waals surface area contributed by atoms with Crippen molar-refractivity contribution in [2.75, 3.05) is 0 Å². The average molecular weight is 238 g/mol. The maximum absolute atomic E-state index is 9.75. The lowest BCUT2D eigenvalue weighted by molar-refractivity contribution is 0.471. The van der Waals surface area contributed by atoms with Gasteiger partial charge in [0.15, 0.2) is 0 Å². The maximum Gasteiger partial charge on any atom is 0.137 e. The van der Waals surface area contributed by atoms with Crippen LogP contribution in [0, 0.1) is 13.8 Å². The molecule has 0 atom stereocenters. The Bertz CT molecular complexity index is 728. The fraction of sp³-hybridized carbons (Fsp3) is 0.133. The predicted octanol–water partition coefficient (Wildman–Crippen LogP) is 3.32. The second kappa shape index (κ2) is 3.88. The van der Waals surface area contributed by atoms with Gasteiger partial charge in [0.1, 0.15) is 11.4 Å². The first-order chi connectivity index (χ1) is 8.63. The zero-order chi connectivity index (χ0) is 12.7. The number of nitrogens with zero attached hydrogens (tertiary/aromatic N) is 2. The van der Waals surface area contributed by atoms with Gasteiger partial charge >= 0.3 is 0 Å². The maximum atomic E-state index is 9.75. The van der Waals surface area contributed by atoms with E-state index in [1.807, 2.05) is 48.0 Å². The van der Waals surface area contributed by atoms with E-state index >= 15 is 0 Å². The molecule has 3 rings (SSSR count). The molecule has 2 aromatic heterocycles. The SMILES string of the molecule is Cc1ccc2nc(-c3ccc(C)c(O)c3)cn2c1. The first-order valence-electron chi connectivity index (χ1n) is 5.89. The Morgan fingerprint density at radius 2 is 1.89 bits per heavy atom. The van der Waals surface area contributed by atoms with Crippen molar-refractivity contribution in [1.82, 2.24) is 9.38 Å². The number of fused-ring (bicyclic) bond motifs is 1. The third-order valence-electron chi connectivity index (χ3n) is 3.10. The quantitative estimate of drug-likeness (QED) is 0.706. The standard InChI is InChI=1S/C15H14N2O/c1-10-3-6-15-16-13(9-17(15)8-10)12-5-4-11(2)14(18)7-12/h3-9,18H,1-2H3. The smallest absolute Gasteiger partial charge is 0.137 e. The monoisotopic (exact) mass is 238 g/mol. The third-order valence-corrected chi connectivity index (χ3v) is 3.10. The van der Waals surface area contributed by atoms with Gasteiger partial charge in [0.25, 0.3) is 0 Å². The van der Waals surface area contributed by atoms with Crippen LogP contribution < -0.4 is 0 Å². The summed E-state index contributed by atoms with van der Waals surface area (Å²) in [6.07, 6.45) is 4.02. The molecule has 0 saturated carbocycles. The van der Waals surface area contributed by atoms with Crippen molar-refractivity contribution >= 4 is 5.65 Å². The number of hydrogen-bond donors (Lipinski definition) is 1. The van der Waals surface area contributed by atoms with Crippen molar-refractivity contribution in [3.8, 4) is 17.0 Å². The lowest BCUT2D eigenvalue weighted by atomic mass is 10.1. The van der Waals surface area contributed by atoms with Crippen LogP contribution in [0.15, 0.2) is 42.7 Å². The summed E-state index contributed by atoms with van der Waals surface area (Å²) in [5.74, 6) is 0.306. The van der Waals surface area contributed by atoms with Crippen LogP contribution in [0.4, 0.5) is 0 Å². The molecular weight excluding hydrogens is 224 g/mol. The third kappa shape index (κ3) is 1.74. The minimum absolute atomic E-state index is 0.306. The molecule has 0 aliphatic heterocycles. The number of benzene rings is 1. The molecule has 0 radical (unpaired) electrons. The molecule has 0 bridgehead atoms. The van der Waals surface area contributed by atoms with Crippen LogP contribution in [0.3, 0.4) is 0 Å². The molecule has 1 N–H and O–H groups in total. The van der Waals surface area contributed by atoms with Gasteiger partial charge in [0, 0.05) is 18.0 Å². The number of aromatic hydroxyl groups is 1. The summed E-state index contributed by atoms with van der Waals surface area (Å²) in [7, 11) is 0. The van der Waals surface area contributed by atoms with Gasteiger partial charge in [-0.3, -0.25) is 0 Å². The number of pyridine rings is 1. The van der Waals surface area contributed by atoms with Crippen LogP contribution in [-0.4, -0.2) is 14.5 Å². The molecule has 0 unspecified atom stereocenters. The summed E-state index contributed by atoms with van der Waals surface area (Å²) >= 11 is 0. The molecule has 0 spiro atoms. The van der Waals surface area contributed by atoms with Crippen molar-refractivity contribution in [2.24, 2.45) is 0 Å². The van der Waals surface area contributed by atoms with E-state index in [1.165, 1.54) is 5.56 Å². The number of phenols is 1. The van der Waals surface area contributed by atoms with Crippen LogP contribution in [0.25, 0.3) is 16.9 Å². The highest BCUT2D eigenvalue weighted by molar-refractivity contribution is 5.65. The van der Waals surface area contributed by atoms with Gasteiger partial charge in [-0.05, 0) is 37.1 Å². The number of imidazole rings is 1. The molecule has 18 heavy (non-hydrogen) atoms. The molecule has 3 nitrogen and oxygen atoms in total. The molecule has 3 heteroatoms. The van der Waals surface area contributed by atoms with Crippen LogP contribution in [0.5, 0.6) is 5.75 Å². The predicted molar refractivity (Wildman–Crippen MR) is 71.8 cm³/mol. The Balaban J connectivity index is 2.16. The molecule has 0 aliphatic carbocycles. The summed E-state index contributed by atoms with van der Waals surface area (Å²) in [5, 5.41) is 9.75. The van der Waals surface area contributed by atoms with Crippen molar-refractivity contribution in [3.63, 3.8) is 0 Å². The molecule has 1 aromatic carbocycles. The highest BCUT2D eigenvalue weighted by Crippen LogP contribution is 2.25. The minimum Gasteiger partial charge on any atom is -0.508 e. The van der Waals surface area contributed by atoms with Gasteiger partial charge < -0.3 is 9.51 Å². The van der Waals surface area contributed by atoms with Gasteiger partial charge in [0.05, 0.1) is 5.69 Å². The number of hydrogen-bond acceptors (Lipinski definition) is 2. The summed E-state index contributed by atoms with van der Waals surface area (Å²) in [6.45, 7) is 3.93. The molecular formula is C15H14N2O. The minimum atomic E-state index is 0.306. The molecule has 0 aliphatic rings. The second-order valence-corrected chi connectivity index (χ2v) is 4.60. The second-order valence-electron chi connectivity index (χ2n) is 4.60. The van der Waals surface area contributed by atoms with E-state index in [0.29, 0.717) is 5.75 Å². The van der Waals surface area contributed by atoms with E-state index in [1.54, 1.807) is 6.07 Å².